The van der Waals surface area contributed by atoms with Gasteiger partial charge in [-0.15, -0.1) is 0 Å². The summed E-state index contributed by atoms with van der Waals surface area (Å²) in [6.45, 7) is 6.69. The van der Waals surface area contributed by atoms with Gasteiger partial charge in [0.2, 0.25) is 11.8 Å². The molecule has 3 heterocycles. The zero-order valence-electron chi connectivity index (χ0n) is 18.1. The maximum Gasteiger partial charge on any atom is 0.255 e. The standard InChI is InChI=1S/C24H31FN4O2/c1-17-2-4-18(5-3-17)13-31-22-21(25)12-26-23(28-22)27-19-6-8-20(9-7-19)29-14-24(15-29)10-11-30-16-24/h6-9,12,17-18H,2-5,10-11,13-16H2,1H3,(H,26,27,28). The van der Waals surface area contributed by atoms with Crippen molar-refractivity contribution in [3.8, 4) is 5.88 Å². The van der Waals surface area contributed by atoms with E-state index in [4.69, 9.17) is 9.47 Å². The number of aromatic nitrogens is 2. The monoisotopic (exact) mass is 426 g/mol. The molecule has 0 amide bonds. The van der Waals surface area contributed by atoms with Crippen molar-refractivity contribution in [1.29, 1.82) is 0 Å². The molecule has 7 heteroatoms. The van der Waals surface area contributed by atoms with Crippen molar-refractivity contribution in [2.24, 2.45) is 17.3 Å². The van der Waals surface area contributed by atoms with Crippen LogP contribution >= 0.6 is 0 Å². The van der Waals surface area contributed by atoms with Crippen LogP contribution in [0.25, 0.3) is 0 Å². The number of nitrogens with zero attached hydrogens (tertiary/aromatic N) is 3. The second-order valence-electron chi connectivity index (χ2n) is 9.61. The number of hydrogen-bond donors (Lipinski definition) is 1. The molecule has 1 aromatic heterocycles. The number of rotatable bonds is 6. The fourth-order valence-electron chi connectivity index (χ4n) is 4.94. The molecule has 3 fully saturated rings. The van der Waals surface area contributed by atoms with Gasteiger partial charge >= 0.3 is 0 Å². The molecular weight excluding hydrogens is 395 g/mol. The van der Waals surface area contributed by atoms with Gasteiger partial charge in [0.1, 0.15) is 0 Å². The molecule has 3 aliphatic rings. The van der Waals surface area contributed by atoms with E-state index in [1.165, 1.54) is 24.7 Å². The van der Waals surface area contributed by atoms with Crippen molar-refractivity contribution >= 4 is 17.3 Å². The Bertz CT molecular complexity index is 885. The Balaban J connectivity index is 1.17. The molecule has 2 aliphatic heterocycles. The number of halogens is 1. The van der Waals surface area contributed by atoms with Crippen LogP contribution in [0.2, 0.25) is 0 Å². The van der Waals surface area contributed by atoms with Gasteiger partial charge in [-0.25, -0.2) is 4.98 Å². The Morgan fingerprint density at radius 3 is 2.68 bits per heavy atom. The maximum atomic E-state index is 14.1. The molecular formula is C24H31FN4O2. The number of nitrogens with one attached hydrogen (secondary N) is 1. The summed E-state index contributed by atoms with van der Waals surface area (Å²) in [6, 6.07) is 8.19. The van der Waals surface area contributed by atoms with Crippen LogP contribution in [-0.4, -0.2) is 42.9 Å². The summed E-state index contributed by atoms with van der Waals surface area (Å²) in [4.78, 5) is 10.7. The molecule has 6 nitrogen and oxygen atoms in total. The summed E-state index contributed by atoms with van der Waals surface area (Å²) < 4.78 is 25.4. The van der Waals surface area contributed by atoms with Gasteiger partial charge in [0.05, 0.1) is 19.4 Å². The van der Waals surface area contributed by atoms with Crippen molar-refractivity contribution < 1.29 is 13.9 Å². The fraction of sp³-hybridized carbons (Fsp3) is 0.583. The highest BCUT2D eigenvalue weighted by molar-refractivity contribution is 5.60. The minimum absolute atomic E-state index is 0.0254. The summed E-state index contributed by atoms with van der Waals surface area (Å²) >= 11 is 0. The van der Waals surface area contributed by atoms with Crippen LogP contribution in [0.3, 0.4) is 0 Å². The van der Waals surface area contributed by atoms with Crippen molar-refractivity contribution in [3.63, 3.8) is 0 Å². The van der Waals surface area contributed by atoms with Crippen molar-refractivity contribution in [2.75, 3.05) is 43.1 Å². The van der Waals surface area contributed by atoms with Crippen LogP contribution < -0.4 is 15.0 Å². The number of ether oxygens (including phenoxy) is 2. The number of hydrogen-bond acceptors (Lipinski definition) is 6. The summed E-state index contributed by atoms with van der Waals surface area (Å²) in [7, 11) is 0. The lowest BCUT2D eigenvalue weighted by atomic mass is 9.79. The maximum absolute atomic E-state index is 14.1. The van der Waals surface area contributed by atoms with Crippen LogP contribution in [0.5, 0.6) is 5.88 Å². The van der Waals surface area contributed by atoms with Gasteiger partial charge in [-0.05, 0) is 55.4 Å². The molecule has 0 atom stereocenters. The molecule has 2 saturated heterocycles. The predicted octanol–water partition coefficient (Wildman–Crippen LogP) is 4.79. The van der Waals surface area contributed by atoms with Gasteiger partial charge in [0.25, 0.3) is 5.88 Å². The molecule has 0 unspecified atom stereocenters. The van der Waals surface area contributed by atoms with E-state index in [1.807, 2.05) is 12.1 Å². The number of benzene rings is 1. The van der Waals surface area contributed by atoms with Crippen molar-refractivity contribution in [3.05, 3.63) is 36.3 Å². The third-order valence-corrected chi connectivity index (χ3v) is 7.03. The van der Waals surface area contributed by atoms with Crippen LogP contribution in [0.4, 0.5) is 21.7 Å². The molecule has 1 aromatic carbocycles. The van der Waals surface area contributed by atoms with E-state index >= 15 is 0 Å². The first-order chi connectivity index (χ1) is 15.1. The van der Waals surface area contributed by atoms with Crippen LogP contribution in [0.15, 0.2) is 30.5 Å². The molecule has 1 saturated carbocycles. The van der Waals surface area contributed by atoms with Gasteiger partial charge < -0.3 is 19.7 Å². The highest BCUT2D eigenvalue weighted by Gasteiger charge is 2.45. The summed E-state index contributed by atoms with van der Waals surface area (Å²) in [5, 5.41) is 3.16. The third-order valence-electron chi connectivity index (χ3n) is 7.03. The van der Waals surface area contributed by atoms with Gasteiger partial charge in [0.15, 0.2) is 0 Å². The zero-order valence-corrected chi connectivity index (χ0v) is 18.1. The molecule has 1 aliphatic carbocycles. The SMILES string of the molecule is CC1CCC(COc2nc(Nc3ccc(N4CC5(CCOC5)C4)cc3)ncc2F)CC1. The fourth-order valence-corrected chi connectivity index (χ4v) is 4.94. The van der Waals surface area contributed by atoms with E-state index in [2.05, 4.69) is 39.2 Å². The Hall–Kier alpha value is -2.41. The van der Waals surface area contributed by atoms with E-state index in [-0.39, 0.29) is 5.88 Å². The second kappa shape index (κ2) is 8.61. The smallest absolute Gasteiger partial charge is 0.255 e. The minimum atomic E-state index is -0.521. The second-order valence-corrected chi connectivity index (χ2v) is 9.61. The largest absolute Gasteiger partial charge is 0.475 e. The van der Waals surface area contributed by atoms with Crippen molar-refractivity contribution in [1.82, 2.24) is 9.97 Å². The zero-order chi connectivity index (χ0) is 21.3. The lowest BCUT2D eigenvalue weighted by Gasteiger charge is -2.48. The van der Waals surface area contributed by atoms with Crippen molar-refractivity contribution in [2.45, 2.75) is 39.0 Å². The normalized spacial score (nSPS) is 24.8. The Kier molecular flexibility index (Phi) is 5.69. The topological polar surface area (TPSA) is 59.5 Å². The molecule has 5 rings (SSSR count). The predicted molar refractivity (Wildman–Crippen MR) is 118 cm³/mol. The summed E-state index contributed by atoms with van der Waals surface area (Å²) in [5.74, 6) is 1.11. The highest BCUT2D eigenvalue weighted by atomic mass is 19.1. The summed E-state index contributed by atoms with van der Waals surface area (Å²) in [6.07, 6.45) is 7.04. The lowest BCUT2D eigenvalue weighted by molar-refractivity contribution is 0.131. The molecule has 31 heavy (non-hydrogen) atoms. The average Bonchev–Trinajstić information content (AvgIpc) is 3.25. The Labute approximate surface area is 183 Å². The van der Waals surface area contributed by atoms with Gasteiger partial charge in [-0.1, -0.05) is 19.8 Å². The van der Waals surface area contributed by atoms with Crippen LogP contribution in [0.1, 0.15) is 39.0 Å². The molecule has 1 N–H and O–H groups in total. The van der Waals surface area contributed by atoms with E-state index in [1.54, 1.807) is 0 Å². The van der Waals surface area contributed by atoms with Gasteiger partial charge in [0, 0.05) is 36.5 Å². The first-order valence-electron chi connectivity index (χ1n) is 11.4. The number of anilines is 3. The molecule has 0 radical (unpaired) electrons. The molecule has 2 aromatic rings. The van der Waals surface area contributed by atoms with Crippen LogP contribution in [0, 0.1) is 23.1 Å². The van der Waals surface area contributed by atoms with E-state index in [9.17, 15) is 4.39 Å². The lowest BCUT2D eigenvalue weighted by Crippen LogP contribution is -2.56. The molecule has 166 valence electrons. The van der Waals surface area contributed by atoms with E-state index in [0.29, 0.717) is 23.9 Å². The quantitative estimate of drug-likeness (QED) is 0.717. The van der Waals surface area contributed by atoms with E-state index < -0.39 is 5.82 Å². The van der Waals surface area contributed by atoms with E-state index in [0.717, 1.165) is 57.2 Å². The highest BCUT2D eigenvalue weighted by Crippen LogP contribution is 2.41. The Morgan fingerprint density at radius 1 is 1.19 bits per heavy atom. The molecule has 1 spiro atoms. The minimum Gasteiger partial charge on any atom is -0.475 e. The molecule has 0 bridgehead atoms. The van der Waals surface area contributed by atoms with Crippen LogP contribution in [-0.2, 0) is 4.74 Å². The Morgan fingerprint density at radius 2 is 1.97 bits per heavy atom. The first-order valence-corrected chi connectivity index (χ1v) is 11.4. The summed E-state index contributed by atoms with van der Waals surface area (Å²) in [5.41, 5.74) is 2.43. The third kappa shape index (κ3) is 4.61. The average molecular weight is 427 g/mol. The van der Waals surface area contributed by atoms with Gasteiger partial charge in [-0.3, -0.25) is 0 Å². The van der Waals surface area contributed by atoms with Gasteiger partial charge in [-0.2, -0.15) is 9.37 Å². The first kappa shape index (κ1) is 20.5.